The zero-order chi connectivity index (χ0) is 15.5. The van der Waals surface area contributed by atoms with Crippen molar-refractivity contribution in [2.75, 3.05) is 20.6 Å². The van der Waals surface area contributed by atoms with E-state index in [0.29, 0.717) is 12.1 Å². The molecule has 1 aromatic rings. The maximum atomic E-state index is 5.84. The Hall–Kier alpha value is -1.06. The molecule has 1 aromatic carbocycles. The van der Waals surface area contributed by atoms with Crippen molar-refractivity contribution in [2.45, 2.75) is 57.7 Å². The molecule has 2 rings (SSSR count). The van der Waals surface area contributed by atoms with Crippen molar-refractivity contribution < 1.29 is 4.74 Å². The van der Waals surface area contributed by atoms with Crippen LogP contribution in [-0.4, -0.2) is 37.2 Å². The average molecular weight is 290 g/mol. The van der Waals surface area contributed by atoms with Gasteiger partial charge in [0.25, 0.3) is 0 Å². The van der Waals surface area contributed by atoms with Gasteiger partial charge in [-0.05, 0) is 71.4 Å². The Balaban J connectivity index is 2.14. The maximum Gasteiger partial charge on any atom is 0.119 e. The van der Waals surface area contributed by atoms with Gasteiger partial charge in [-0.25, -0.2) is 0 Å². The van der Waals surface area contributed by atoms with Gasteiger partial charge >= 0.3 is 0 Å². The Kier molecular flexibility index (Phi) is 5.28. The molecule has 0 aromatic heterocycles. The molecule has 1 N–H and O–H groups in total. The lowest BCUT2D eigenvalue weighted by atomic mass is 9.87. The van der Waals surface area contributed by atoms with Gasteiger partial charge < -0.3 is 15.0 Å². The molecule has 3 heteroatoms. The van der Waals surface area contributed by atoms with E-state index in [1.54, 1.807) is 0 Å². The van der Waals surface area contributed by atoms with Gasteiger partial charge in [0.15, 0.2) is 0 Å². The van der Waals surface area contributed by atoms with Crippen molar-refractivity contribution in [3.63, 3.8) is 0 Å². The number of likely N-dealkylation sites (N-methyl/N-ethyl adjacent to an activating group) is 1. The Morgan fingerprint density at radius 2 is 1.86 bits per heavy atom. The maximum absolute atomic E-state index is 5.84. The van der Waals surface area contributed by atoms with Gasteiger partial charge in [-0.15, -0.1) is 0 Å². The molecule has 0 spiro atoms. The van der Waals surface area contributed by atoms with Crippen LogP contribution in [0.3, 0.4) is 0 Å². The molecule has 3 nitrogen and oxygen atoms in total. The van der Waals surface area contributed by atoms with Gasteiger partial charge in [0.05, 0.1) is 12.1 Å². The summed E-state index contributed by atoms with van der Waals surface area (Å²) in [5, 5.41) is 3.70. The predicted molar refractivity (Wildman–Crippen MR) is 88.9 cm³/mol. The molecule has 0 radical (unpaired) electrons. The summed E-state index contributed by atoms with van der Waals surface area (Å²) in [4.78, 5) is 2.29. The molecule has 0 heterocycles. The second-order valence-corrected chi connectivity index (χ2v) is 6.82. The fourth-order valence-electron chi connectivity index (χ4n) is 2.44. The third kappa shape index (κ3) is 4.21. The molecule has 1 unspecified atom stereocenters. The summed E-state index contributed by atoms with van der Waals surface area (Å²) in [6.07, 6.45) is 4.01. The summed E-state index contributed by atoms with van der Waals surface area (Å²) in [5.74, 6) is 0.998. The van der Waals surface area contributed by atoms with Crippen molar-refractivity contribution in [1.29, 1.82) is 0 Å². The predicted octanol–water partition coefficient (Wildman–Crippen LogP) is 3.61. The van der Waals surface area contributed by atoms with Crippen LogP contribution in [0.1, 0.15) is 51.6 Å². The van der Waals surface area contributed by atoms with Crippen molar-refractivity contribution in [3.05, 3.63) is 29.8 Å². The minimum atomic E-state index is 0.0496. The monoisotopic (exact) mass is 290 g/mol. The first kappa shape index (κ1) is 16.3. The van der Waals surface area contributed by atoms with E-state index in [4.69, 9.17) is 4.74 Å². The van der Waals surface area contributed by atoms with E-state index in [9.17, 15) is 0 Å². The molecule has 1 atom stereocenters. The largest absolute Gasteiger partial charge is 0.490 e. The number of benzene rings is 1. The second kappa shape index (κ2) is 6.80. The fraction of sp³-hybridized carbons (Fsp3) is 0.667. The van der Waals surface area contributed by atoms with E-state index in [1.165, 1.54) is 18.4 Å². The van der Waals surface area contributed by atoms with E-state index < -0.39 is 0 Å². The van der Waals surface area contributed by atoms with Crippen LogP contribution < -0.4 is 10.1 Å². The number of nitrogens with zero attached hydrogens (tertiary/aromatic N) is 1. The van der Waals surface area contributed by atoms with Gasteiger partial charge in [0, 0.05) is 5.54 Å². The molecule has 0 aliphatic heterocycles. The lowest BCUT2D eigenvalue weighted by molar-refractivity contribution is 0.138. The van der Waals surface area contributed by atoms with Gasteiger partial charge in [-0.2, -0.15) is 0 Å². The van der Waals surface area contributed by atoms with Crippen LogP contribution in [-0.2, 0) is 0 Å². The highest BCUT2D eigenvalue weighted by atomic mass is 16.5. The van der Waals surface area contributed by atoms with Crippen LogP contribution in [0.2, 0.25) is 0 Å². The zero-order valence-electron chi connectivity index (χ0n) is 14.1. The molecule has 1 aliphatic carbocycles. The Bertz CT molecular complexity index is 435. The molecule has 0 bridgehead atoms. The standard InChI is InChI=1S/C18H30N2O/c1-6-13-19-17(18(2,3)20(4)5)14-7-9-15(10-8-14)21-16-11-12-16/h7-10,16-17,19H,6,11-13H2,1-5H3. The van der Waals surface area contributed by atoms with Gasteiger partial charge in [-0.3, -0.25) is 0 Å². The summed E-state index contributed by atoms with van der Waals surface area (Å²) >= 11 is 0. The molecule has 0 amide bonds. The molecule has 1 aliphatic rings. The highest BCUT2D eigenvalue weighted by molar-refractivity contribution is 5.31. The summed E-state index contributed by atoms with van der Waals surface area (Å²) in [6.45, 7) is 7.81. The molecule has 118 valence electrons. The normalized spacial score (nSPS) is 17.0. The van der Waals surface area contributed by atoms with Crippen LogP contribution in [0.4, 0.5) is 0 Å². The smallest absolute Gasteiger partial charge is 0.119 e. The minimum absolute atomic E-state index is 0.0496. The first-order chi connectivity index (χ1) is 9.95. The lowest BCUT2D eigenvalue weighted by Crippen LogP contribution is -2.49. The molecular weight excluding hydrogens is 260 g/mol. The van der Waals surface area contributed by atoms with Crippen molar-refractivity contribution >= 4 is 0 Å². The minimum Gasteiger partial charge on any atom is -0.490 e. The molecule has 1 fully saturated rings. The van der Waals surface area contributed by atoms with Crippen LogP contribution in [0.25, 0.3) is 0 Å². The van der Waals surface area contributed by atoms with Gasteiger partial charge in [-0.1, -0.05) is 19.1 Å². The summed E-state index contributed by atoms with van der Waals surface area (Å²) in [6, 6.07) is 8.94. The third-order valence-electron chi connectivity index (χ3n) is 4.50. The Morgan fingerprint density at radius 3 is 2.33 bits per heavy atom. The van der Waals surface area contributed by atoms with Crippen LogP contribution in [0.5, 0.6) is 5.75 Å². The number of nitrogens with one attached hydrogen (secondary N) is 1. The molecule has 21 heavy (non-hydrogen) atoms. The lowest BCUT2D eigenvalue weighted by Gasteiger charge is -2.41. The Morgan fingerprint density at radius 1 is 1.24 bits per heavy atom. The quantitative estimate of drug-likeness (QED) is 0.791. The van der Waals surface area contributed by atoms with Crippen LogP contribution in [0.15, 0.2) is 24.3 Å². The van der Waals surface area contributed by atoms with Crippen LogP contribution in [0, 0.1) is 0 Å². The number of rotatable bonds is 8. The third-order valence-corrected chi connectivity index (χ3v) is 4.50. The summed E-state index contributed by atoms with van der Waals surface area (Å²) in [5.41, 5.74) is 1.37. The molecule has 0 saturated heterocycles. The fourth-order valence-corrected chi connectivity index (χ4v) is 2.44. The topological polar surface area (TPSA) is 24.5 Å². The number of hydrogen-bond donors (Lipinski definition) is 1. The number of ether oxygens (including phenoxy) is 1. The highest BCUT2D eigenvalue weighted by Crippen LogP contribution is 2.32. The Labute approximate surface area is 129 Å². The van der Waals surface area contributed by atoms with E-state index >= 15 is 0 Å². The van der Waals surface area contributed by atoms with Gasteiger partial charge in [0.1, 0.15) is 5.75 Å². The summed E-state index contributed by atoms with van der Waals surface area (Å²) in [7, 11) is 4.29. The molecular formula is C18H30N2O. The second-order valence-electron chi connectivity index (χ2n) is 6.82. The van der Waals surface area contributed by atoms with Gasteiger partial charge in [0.2, 0.25) is 0 Å². The van der Waals surface area contributed by atoms with Crippen molar-refractivity contribution in [2.24, 2.45) is 0 Å². The average Bonchev–Trinajstić information content (AvgIpc) is 3.24. The molecule has 1 saturated carbocycles. The van der Waals surface area contributed by atoms with E-state index in [0.717, 1.165) is 18.7 Å². The summed E-state index contributed by atoms with van der Waals surface area (Å²) < 4.78 is 5.84. The van der Waals surface area contributed by atoms with E-state index in [1.807, 2.05) is 0 Å². The van der Waals surface area contributed by atoms with E-state index in [2.05, 4.69) is 69.3 Å². The van der Waals surface area contributed by atoms with Crippen LogP contribution >= 0.6 is 0 Å². The SMILES string of the molecule is CCCNC(c1ccc(OC2CC2)cc1)C(C)(C)N(C)C. The van der Waals surface area contributed by atoms with Crippen molar-refractivity contribution in [1.82, 2.24) is 10.2 Å². The van der Waals surface area contributed by atoms with E-state index in [-0.39, 0.29) is 5.54 Å². The van der Waals surface area contributed by atoms with Crippen molar-refractivity contribution in [3.8, 4) is 5.75 Å². The number of hydrogen-bond acceptors (Lipinski definition) is 3. The first-order valence-electron chi connectivity index (χ1n) is 8.12. The zero-order valence-corrected chi connectivity index (χ0v) is 14.1. The highest BCUT2D eigenvalue weighted by Gasteiger charge is 2.32. The first-order valence-corrected chi connectivity index (χ1v) is 8.12.